The highest BCUT2D eigenvalue weighted by Gasteiger charge is 2.45. The van der Waals surface area contributed by atoms with Gasteiger partial charge in [0.05, 0.1) is 16.8 Å². The van der Waals surface area contributed by atoms with Crippen LogP contribution in [0.15, 0.2) is 218 Å². The molecule has 2 heterocycles. The molecule has 264 valence electrons. The number of hydrogen-bond donors (Lipinski definition) is 0. The van der Waals surface area contributed by atoms with Gasteiger partial charge in [0.1, 0.15) is 11.5 Å². The standard InChI is InChI=1S/C53H36N2O/c1-4-16-37(17-5-1)38-28-30-40(31-29-38)48-36-49(55-52(54-48)41-18-6-2-7-19-41)45-23-11-10-22-44(45)39-32-34-43(35-33-39)53(42-20-8-3-9-21-42)46-24-12-14-26-50(46)56-51-27-15-13-25-47(51)53/h1-36H. The third-order valence-electron chi connectivity index (χ3n) is 10.9. The van der Waals surface area contributed by atoms with Crippen LogP contribution in [-0.4, -0.2) is 9.97 Å². The molecule has 0 saturated heterocycles. The van der Waals surface area contributed by atoms with E-state index in [1.165, 1.54) is 22.3 Å². The lowest BCUT2D eigenvalue weighted by atomic mass is 9.63. The van der Waals surface area contributed by atoms with Gasteiger partial charge in [-0.15, -0.1) is 0 Å². The van der Waals surface area contributed by atoms with Crippen LogP contribution in [0.4, 0.5) is 0 Å². The molecular formula is C53H36N2O. The lowest BCUT2D eigenvalue weighted by Crippen LogP contribution is -2.34. The lowest BCUT2D eigenvalue weighted by Gasteiger charge is -2.41. The molecule has 8 aromatic carbocycles. The molecule has 1 aliphatic heterocycles. The monoisotopic (exact) mass is 716 g/mol. The van der Waals surface area contributed by atoms with Gasteiger partial charge in [-0.1, -0.05) is 200 Å². The third kappa shape index (κ3) is 5.78. The van der Waals surface area contributed by atoms with Crippen LogP contribution in [0.2, 0.25) is 0 Å². The van der Waals surface area contributed by atoms with Gasteiger partial charge in [-0.3, -0.25) is 0 Å². The summed E-state index contributed by atoms with van der Waals surface area (Å²) >= 11 is 0. The van der Waals surface area contributed by atoms with Gasteiger partial charge in [0.15, 0.2) is 5.82 Å². The summed E-state index contributed by atoms with van der Waals surface area (Å²) < 4.78 is 6.53. The fourth-order valence-corrected chi connectivity index (χ4v) is 8.24. The number of para-hydroxylation sites is 2. The minimum absolute atomic E-state index is 0.576. The van der Waals surface area contributed by atoms with Crippen LogP contribution in [0.3, 0.4) is 0 Å². The fraction of sp³-hybridized carbons (Fsp3) is 0.0189. The van der Waals surface area contributed by atoms with Crippen LogP contribution in [-0.2, 0) is 5.41 Å². The molecule has 0 radical (unpaired) electrons. The van der Waals surface area contributed by atoms with E-state index >= 15 is 0 Å². The van der Waals surface area contributed by atoms with E-state index in [9.17, 15) is 0 Å². The van der Waals surface area contributed by atoms with Crippen molar-refractivity contribution < 1.29 is 4.74 Å². The average Bonchev–Trinajstić information content (AvgIpc) is 3.29. The Labute approximate surface area is 327 Å². The van der Waals surface area contributed by atoms with Gasteiger partial charge in [-0.05, 0) is 51.6 Å². The van der Waals surface area contributed by atoms with Crippen molar-refractivity contribution in [2.75, 3.05) is 0 Å². The molecule has 0 amide bonds. The molecule has 0 fully saturated rings. The molecule has 10 rings (SSSR count). The second-order valence-electron chi connectivity index (χ2n) is 14.1. The number of benzene rings is 8. The molecule has 1 aromatic heterocycles. The summed E-state index contributed by atoms with van der Waals surface area (Å²) in [5.74, 6) is 2.43. The Hall–Kier alpha value is -7.36. The maximum absolute atomic E-state index is 6.53. The summed E-state index contributed by atoms with van der Waals surface area (Å²) in [5.41, 5.74) is 13.4. The molecule has 0 atom stereocenters. The Kier molecular flexibility index (Phi) is 8.38. The Morgan fingerprint density at radius 3 is 1.41 bits per heavy atom. The molecule has 0 bridgehead atoms. The average molecular weight is 717 g/mol. The molecule has 0 aliphatic carbocycles. The lowest BCUT2D eigenvalue weighted by molar-refractivity contribution is 0.434. The van der Waals surface area contributed by atoms with Gasteiger partial charge < -0.3 is 4.74 Å². The molecule has 3 heteroatoms. The highest BCUT2D eigenvalue weighted by molar-refractivity contribution is 5.85. The number of fused-ring (bicyclic) bond motifs is 2. The first-order valence-electron chi connectivity index (χ1n) is 19.0. The number of ether oxygens (including phenoxy) is 1. The van der Waals surface area contributed by atoms with E-state index in [2.05, 4.69) is 182 Å². The van der Waals surface area contributed by atoms with Crippen molar-refractivity contribution in [2.45, 2.75) is 5.41 Å². The predicted octanol–water partition coefficient (Wildman–Crippen LogP) is 13.3. The van der Waals surface area contributed by atoms with E-state index in [1.54, 1.807) is 0 Å². The quantitative estimate of drug-likeness (QED) is 0.165. The number of rotatable bonds is 7. The van der Waals surface area contributed by atoms with Crippen LogP contribution in [0.5, 0.6) is 11.5 Å². The third-order valence-corrected chi connectivity index (χ3v) is 10.9. The summed E-state index contributed by atoms with van der Waals surface area (Å²) in [5, 5.41) is 0. The maximum Gasteiger partial charge on any atom is 0.160 e. The first-order chi connectivity index (χ1) is 27.8. The Morgan fingerprint density at radius 2 is 0.768 bits per heavy atom. The van der Waals surface area contributed by atoms with E-state index in [1.807, 2.05) is 36.4 Å². The molecule has 0 saturated carbocycles. The van der Waals surface area contributed by atoms with E-state index in [0.717, 1.165) is 61.8 Å². The summed E-state index contributed by atoms with van der Waals surface area (Å²) in [7, 11) is 0. The van der Waals surface area contributed by atoms with Crippen molar-refractivity contribution in [2.24, 2.45) is 0 Å². The van der Waals surface area contributed by atoms with E-state index in [4.69, 9.17) is 14.7 Å². The van der Waals surface area contributed by atoms with Gasteiger partial charge in [0, 0.05) is 27.8 Å². The van der Waals surface area contributed by atoms with Crippen molar-refractivity contribution >= 4 is 0 Å². The van der Waals surface area contributed by atoms with Crippen molar-refractivity contribution in [3.8, 4) is 67.7 Å². The molecular weight excluding hydrogens is 681 g/mol. The summed E-state index contributed by atoms with van der Waals surface area (Å²) in [6.07, 6.45) is 0. The highest BCUT2D eigenvalue weighted by atomic mass is 16.5. The normalized spacial score (nSPS) is 12.6. The van der Waals surface area contributed by atoms with Gasteiger partial charge >= 0.3 is 0 Å². The molecule has 0 unspecified atom stereocenters. The summed E-state index contributed by atoms with van der Waals surface area (Å²) in [6, 6.07) is 76.7. The van der Waals surface area contributed by atoms with Crippen molar-refractivity contribution in [1.29, 1.82) is 0 Å². The van der Waals surface area contributed by atoms with Gasteiger partial charge in [0.2, 0.25) is 0 Å². The minimum Gasteiger partial charge on any atom is -0.457 e. The molecule has 3 nitrogen and oxygen atoms in total. The number of nitrogens with zero attached hydrogens (tertiary/aromatic N) is 2. The molecule has 1 aliphatic rings. The van der Waals surface area contributed by atoms with Crippen LogP contribution in [0.1, 0.15) is 22.3 Å². The Morgan fingerprint density at radius 1 is 0.321 bits per heavy atom. The van der Waals surface area contributed by atoms with Gasteiger partial charge in [0.25, 0.3) is 0 Å². The Balaban J connectivity index is 1.10. The van der Waals surface area contributed by atoms with Gasteiger partial charge in [-0.2, -0.15) is 0 Å². The minimum atomic E-state index is -0.576. The van der Waals surface area contributed by atoms with E-state index in [0.29, 0.717) is 5.82 Å². The van der Waals surface area contributed by atoms with E-state index < -0.39 is 5.41 Å². The van der Waals surface area contributed by atoms with Crippen molar-refractivity contribution in [1.82, 2.24) is 9.97 Å². The second kappa shape index (κ2) is 14.1. The largest absolute Gasteiger partial charge is 0.457 e. The van der Waals surface area contributed by atoms with Crippen LogP contribution >= 0.6 is 0 Å². The van der Waals surface area contributed by atoms with Crippen molar-refractivity contribution in [3.63, 3.8) is 0 Å². The SMILES string of the molecule is c1ccc(-c2ccc(-c3cc(-c4ccccc4-c4ccc(C5(c6ccccc6)c6ccccc6Oc6ccccc65)cc4)nc(-c4ccccc4)n3)cc2)cc1. The molecule has 0 N–H and O–H groups in total. The van der Waals surface area contributed by atoms with Crippen molar-refractivity contribution in [3.05, 3.63) is 241 Å². The number of aromatic nitrogens is 2. The first-order valence-corrected chi connectivity index (χ1v) is 19.0. The fourth-order valence-electron chi connectivity index (χ4n) is 8.24. The zero-order valence-corrected chi connectivity index (χ0v) is 30.6. The van der Waals surface area contributed by atoms with Crippen LogP contribution < -0.4 is 4.74 Å². The molecule has 56 heavy (non-hydrogen) atoms. The van der Waals surface area contributed by atoms with Gasteiger partial charge in [-0.25, -0.2) is 9.97 Å². The van der Waals surface area contributed by atoms with Crippen LogP contribution in [0.25, 0.3) is 56.2 Å². The Bertz CT molecular complexity index is 2750. The highest BCUT2D eigenvalue weighted by Crippen LogP contribution is 2.55. The van der Waals surface area contributed by atoms with E-state index in [-0.39, 0.29) is 0 Å². The second-order valence-corrected chi connectivity index (χ2v) is 14.1. The maximum atomic E-state index is 6.53. The first kappa shape index (κ1) is 33.2. The zero-order valence-electron chi connectivity index (χ0n) is 30.6. The predicted molar refractivity (Wildman–Crippen MR) is 228 cm³/mol. The smallest absolute Gasteiger partial charge is 0.160 e. The zero-order chi connectivity index (χ0) is 37.3. The number of hydrogen-bond acceptors (Lipinski definition) is 3. The topological polar surface area (TPSA) is 35.0 Å². The summed E-state index contributed by atoms with van der Waals surface area (Å²) in [6.45, 7) is 0. The molecule has 0 spiro atoms. The summed E-state index contributed by atoms with van der Waals surface area (Å²) in [4.78, 5) is 10.3. The van der Waals surface area contributed by atoms with Crippen LogP contribution in [0, 0.1) is 0 Å². The molecule has 9 aromatic rings.